The zero-order valence-corrected chi connectivity index (χ0v) is 28.4. The summed E-state index contributed by atoms with van der Waals surface area (Å²) in [5.74, 6) is 0.339. The number of aryl methyl sites for hydroxylation is 2. The molecule has 1 aromatic heterocycles. The molecular formula is C37H44FN3O5S. The lowest BCUT2D eigenvalue weighted by Gasteiger charge is -2.13. The first-order valence-electron chi connectivity index (χ1n) is 16.1. The number of unbranched alkanes of at least 4 members (excludes halogenated alkanes) is 1. The zero-order valence-electron chi connectivity index (χ0n) is 27.6. The van der Waals surface area contributed by atoms with E-state index < -0.39 is 22.9 Å². The second-order valence-electron chi connectivity index (χ2n) is 10.9. The van der Waals surface area contributed by atoms with Gasteiger partial charge in [0.15, 0.2) is 16.5 Å². The van der Waals surface area contributed by atoms with Crippen molar-refractivity contribution in [3.63, 3.8) is 0 Å². The molecule has 3 aromatic carbocycles. The number of nitrogens with zero attached hydrogens (tertiary/aromatic N) is 2. The van der Waals surface area contributed by atoms with E-state index in [0.29, 0.717) is 52.8 Å². The number of aromatic nitrogens is 2. The molecule has 10 heteroatoms. The molecule has 4 rings (SSSR count). The molecule has 1 heterocycles. The zero-order chi connectivity index (χ0) is 33.6. The number of imidazole rings is 1. The van der Waals surface area contributed by atoms with Crippen LogP contribution in [-0.4, -0.2) is 52.2 Å². The lowest BCUT2D eigenvalue weighted by atomic mass is 10.0. The number of carbonyl (C=O) groups excluding carboxylic acids is 1. The molecule has 1 N–H and O–H groups in total. The van der Waals surface area contributed by atoms with E-state index in [-0.39, 0.29) is 12.4 Å². The van der Waals surface area contributed by atoms with Crippen LogP contribution in [0.5, 0.6) is 11.5 Å². The van der Waals surface area contributed by atoms with Gasteiger partial charge in [-0.15, -0.1) is 0 Å². The van der Waals surface area contributed by atoms with Crippen molar-refractivity contribution < 1.29 is 27.9 Å². The van der Waals surface area contributed by atoms with Crippen molar-refractivity contribution in [2.45, 2.75) is 58.4 Å². The smallest absolute Gasteiger partial charge is 0.248 e. The van der Waals surface area contributed by atoms with E-state index in [1.165, 1.54) is 18.2 Å². The third kappa shape index (κ3) is 10.4. The number of amides is 1. The topological polar surface area (TPSA) is 97.7 Å². The van der Waals surface area contributed by atoms with Gasteiger partial charge in [-0.25, -0.2) is 9.37 Å². The molecule has 0 saturated carbocycles. The molecule has 0 spiro atoms. The summed E-state index contributed by atoms with van der Waals surface area (Å²) < 4.78 is 47.0. The van der Waals surface area contributed by atoms with E-state index in [0.717, 1.165) is 42.9 Å². The average molecular weight is 662 g/mol. The lowest BCUT2D eigenvalue weighted by Crippen LogP contribution is -2.13. The lowest BCUT2D eigenvalue weighted by molar-refractivity contribution is -0.111. The van der Waals surface area contributed by atoms with E-state index in [9.17, 15) is 9.35 Å². The van der Waals surface area contributed by atoms with Crippen molar-refractivity contribution in [2.75, 3.05) is 37.5 Å². The van der Waals surface area contributed by atoms with Crippen molar-refractivity contribution in [1.82, 2.24) is 9.55 Å². The summed E-state index contributed by atoms with van der Waals surface area (Å²) in [6.07, 6.45) is 7.47. The summed E-state index contributed by atoms with van der Waals surface area (Å²) in [6.45, 7) is 10.7. The molecule has 250 valence electrons. The van der Waals surface area contributed by atoms with Crippen LogP contribution in [0.1, 0.15) is 50.6 Å². The quantitative estimate of drug-likeness (QED) is 0.0670. The summed E-state index contributed by atoms with van der Waals surface area (Å²) in [4.78, 5) is 17.8. The minimum absolute atomic E-state index is 0.0762. The van der Waals surface area contributed by atoms with Gasteiger partial charge in [-0.2, -0.15) is 0 Å². The van der Waals surface area contributed by atoms with Gasteiger partial charge < -0.3 is 28.6 Å². The first-order valence-corrected chi connectivity index (χ1v) is 17.4. The van der Waals surface area contributed by atoms with Crippen LogP contribution in [0.15, 0.2) is 78.0 Å². The maximum Gasteiger partial charge on any atom is 0.248 e. The second kappa shape index (κ2) is 18.3. The van der Waals surface area contributed by atoms with E-state index in [1.54, 1.807) is 37.3 Å². The van der Waals surface area contributed by atoms with Gasteiger partial charge >= 0.3 is 0 Å². The van der Waals surface area contributed by atoms with Gasteiger partial charge in [0.2, 0.25) is 5.91 Å². The molecule has 0 aliphatic carbocycles. The molecule has 0 aliphatic rings. The Morgan fingerprint density at radius 2 is 1.77 bits per heavy atom. The number of rotatable bonds is 18. The Labute approximate surface area is 280 Å². The summed E-state index contributed by atoms with van der Waals surface area (Å²) in [5, 5.41) is 2.81. The highest BCUT2D eigenvalue weighted by Crippen LogP contribution is 2.32. The fourth-order valence-corrected chi connectivity index (χ4v) is 6.02. The number of hydrogen-bond acceptors (Lipinski definition) is 6. The largest absolute Gasteiger partial charge is 0.611 e. The van der Waals surface area contributed by atoms with Crippen molar-refractivity contribution in [3.8, 4) is 22.6 Å². The number of benzene rings is 3. The fourth-order valence-electron chi connectivity index (χ4n) is 4.96. The predicted octanol–water partition coefficient (Wildman–Crippen LogP) is 7.61. The molecule has 0 fully saturated rings. The summed E-state index contributed by atoms with van der Waals surface area (Å²) in [6, 6.07) is 17.6. The summed E-state index contributed by atoms with van der Waals surface area (Å²) in [7, 11) is 0. The number of ether oxygens (including phenoxy) is 3. The van der Waals surface area contributed by atoms with Gasteiger partial charge in [-0.1, -0.05) is 25.5 Å². The first kappa shape index (κ1) is 35.7. The summed E-state index contributed by atoms with van der Waals surface area (Å²) in [5.41, 5.74) is 4.47. The van der Waals surface area contributed by atoms with Gasteiger partial charge in [-0.05, 0) is 104 Å². The molecule has 1 amide bonds. The van der Waals surface area contributed by atoms with Crippen LogP contribution in [0.25, 0.3) is 17.2 Å². The Morgan fingerprint density at radius 3 is 2.47 bits per heavy atom. The molecule has 0 bridgehead atoms. The maximum absolute atomic E-state index is 15.2. The molecular weight excluding hydrogens is 617 g/mol. The highest BCUT2D eigenvalue weighted by molar-refractivity contribution is 7.91. The van der Waals surface area contributed by atoms with Crippen LogP contribution in [0, 0.1) is 12.7 Å². The average Bonchev–Trinajstić information content (AvgIpc) is 3.44. The number of anilines is 1. The summed E-state index contributed by atoms with van der Waals surface area (Å²) >= 11 is -1.20. The molecule has 47 heavy (non-hydrogen) atoms. The third-order valence-corrected chi connectivity index (χ3v) is 8.88. The molecule has 0 unspecified atom stereocenters. The molecule has 4 aromatic rings. The Morgan fingerprint density at radius 1 is 1.00 bits per heavy atom. The Kier molecular flexibility index (Phi) is 13.9. The first-order chi connectivity index (χ1) is 22.8. The molecule has 0 aliphatic heterocycles. The van der Waals surface area contributed by atoms with Crippen LogP contribution >= 0.6 is 0 Å². The molecule has 8 nitrogen and oxygen atoms in total. The van der Waals surface area contributed by atoms with Crippen molar-refractivity contribution >= 4 is 28.8 Å². The molecule has 0 saturated heterocycles. The van der Waals surface area contributed by atoms with Crippen LogP contribution in [0.3, 0.4) is 0 Å². The molecule has 1 atom stereocenters. The highest BCUT2D eigenvalue weighted by atomic mass is 32.2. The Balaban J connectivity index is 1.37. The number of hydrogen-bond donors (Lipinski definition) is 1. The minimum Gasteiger partial charge on any atom is -0.611 e. The Bertz CT molecular complexity index is 1610. The van der Waals surface area contributed by atoms with Crippen LogP contribution in [0.2, 0.25) is 0 Å². The fraction of sp³-hybridized carbons (Fsp3) is 0.351. The monoisotopic (exact) mass is 661 g/mol. The van der Waals surface area contributed by atoms with Crippen LogP contribution in [0.4, 0.5) is 10.1 Å². The number of carbonyl (C=O) groups is 1. The van der Waals surface area contributed by atoms with Gasteiger partial charge in [0.05, 0.1) is 25.2 Å². The van der Waals surface area contributed by atoms with Crippen molar-refractivity contribution in [2.24, 2.45) is 0 Å². The van der Waals surface area contributed by atoms with Crippen molar-refractivity contribution in [1.29, 1.82) is 0 Å². The number of halogens is 1. The molecule has 0 radical (unpaired) electrons. The maximum atomic E-state index is 15.2. The van der Waals surface area contributed by atoms with Gasteiger partial charge in [0, 0.05) is 42.6 Å². The van der Waals surface area contributed by atoms with E-state index in [2.05, 4.69) is 28.7 Å². The van der Waals surface area contributed by atoms with Gasteiger partial charge in [-0.3, -0.25) is 4.79 Å². The Hall–Kier alpha value is -4.12. The third-order valence-electron chi connectivity index (χ3n) is 7.51. The number of nitrogens with one attached hydrogen (secondary N) is 1. The predicted molar refractivity (Wildman–Crippen MR) is 186 cm³/mol. The standard InChI is InChI=1S/C37H44FN3O5S/c1-5-8-20-44-21-22-46-32-14-9-28(10-15-32)30-24-29(37(45-7-3)34(38)25-30)11-18-36(42)40-31-12-16-33(17-13-31)47(43)23-19-35-27(4)39-26-41(35)6-2/h9-18,24-26H,5-8,19-23H2,1-4H3,(H,40,42)/b18-11+/t47-/m0/s1. The normalized spacial score (nSPS) is 12.0. The van der Waals surface area contributed by atoms with Gasteiger partial charge in [0.25, 0.3) is 0 Å². The van der Waals surface area contributed by atoms with Gasteiger partial charge in [0.1, 0.15) is 18.1 Å². The van der Waals surface area contributed by atoms with E-state index in [4.69, 9.17) is 14.2 Å². The van der Waals surface area contributed by atoms with Crippen LogP contribution in [-0.2, 0) is 33.7 Å². The van der Waals surface area contributed by atoms with Crippen molar-refractivity contribution in [3.05, 3.63) is 95.8 Å². The second-order valence-corrected chi connectivity index (χ2v) is 12.4. The van der Waals surface area contributed by atoms with E-state index in [1.807, 2.05) is 37.5 Å². The van der Waals surface area contributed by atoms with Crippen LogP contribution < -0.4 is 14.8 Å². The van der Waals surface area contributed by atoms with E-state index >= 15 is 4.39 Å². The minimum atomic E-state index is -1.20. The SMILES string of the molecule is CCCCOCCOc1ccc(-c2cc(F)c(OCC)c(/C=C/C(=O)Nc3ccc([S@@+]([O-])CCc4c(C)ncn4CC)cc3)c2)cc1. The highest BCUT2D eigenvalue weighted by Gasteiger charge is 2.16.